The number of benzene rings is 1. The molecule has 1 aliphatic heterocycles. The molecule has 2 amide bonds. The molecule has 6 heteroatoms. The second-order valence-electron chi connectivity index (χ2n) is 5.03. The molecule has 0 saturated carbocycles. The first-order chi connectivity index (χ1) is 10.3. The number of hydrogen-bond donors (Lipinski definition) is 1. The predicted molar refractivity (Wildman–Crippen MR) is 77.9 cm³/mol. The number of carbonyl (C=O) groups is 2. The first kappa shape index (κ1) is 13.4. The lowest BCUT2D eigenvalue weighted by Gasteiger charge is -2.17. The summed E-state index contributed by atoms with van der Waals surface area (Å²) in [5.74, 6) is 0.585. The molecule has 3 rings (SSSR count). The summed E-state index contributed by atoms with van der Waals surface area (Å²) in [7, 11) is 0. The molecule has 0 radical (unpaired) electrons. The monoisotopic (exact) mass is 284 g/mol. The van der Waals surface area contributed by atoms with Crippen molar-refractivity contribution in [1.82, 2.24) is 14.5 Å². The van der Waals surface area contributed by atoms with Crippen LogP contribution in [-0.2, 0) is 4.79 Å². The van der Waals surface area contributed by atoms with E-state index in [0.29, 0.717) is 24.3 Å². The lowest BCUT2D eigenvalue weighted by atomic mass is 10.2. The summed E-state index contributed by atoms with van der Waals surface area (Å²) < 4.78 is 1.95. The van der Waals surface area contributed by atoms with Crippen LogP contribution in [-0.4, -0.2) is 39.9 Å². The minimum Gasteiger partial charge on any atom is -0.336 e. The van der Waals surface area contributed by atoms with E-state index in [4.69, 9.17) is 0 Å². The molecule has 21 heavy (non-hydrogen) atoms. The number of anilines is 1. The summed E-state index contributed by atoms with van der Waals surface area (Å²) in [4.78, 5) is 28.7. The van der Waals surface area contributed by atoms with Crippen LogP contribution in [0.25, 0.3) is 0 Å². The Morgan fingerprint density at radius 3 is 2.90 bits per heavy atom. The second-order valence-corrected chi connectivity index (χ2v) is 5.03. The van der Waals surface area contributed by atoms with Crippen molar-refractivity contribution in [2.45, 2.75) is 12.5 Å². The zero-order valence-corrected chi connectivity index (χ0v) is 11.5. The molecule has 0 bridgehead atoms. The largest absolute Gasteiger partial charge is 0.336 e. The lowest BCUT2D eigenvalue weighted by Crippen LogP contribution is -2.28. The predicted octanol–water partition coefficient (Wildman–Crippen LogP) is 1.54. The van der Waals surface area contributed by atoms with Gasteiger partial charge in [-0.2, -0.15) is 0 Å². The van der Waals surface area contributed by atoms with Gasteiger partial charge < -0.3 is 14.8 Å². The van der Waals surface area contributed by atoms with E-state index in [1.165, 1.54) is 0 Å². The minimum atomic E-state index is 0.0597. The van der Waals surface area contributed by atoms with Crippen LogP contribution >= 0.6 is 0 Å². The second kappa shape index (κ2) is 5.78. The zero-order valence-electron chi connectivity index (χ0n) is 11.5. The standard InChI is InChI=1S/C15H16N4O2/c20-11-17-14-9-19(10-16-14)13-6-7-18(8-13)15(21)12-4-2-1-3-5-12/h1-5,9-11,13H,6-8H2,(H,17,20). The Hall–Kier alpha value is -2.63. The van der Waals surface area contributed by atoms with Crippen LogP contribution in [0.3, 0.4) is 0 Å². The van der Waals surface area contributed by atoms with E-state index in [9.17, 15) is 9.59 Å². The van der Waals surface area contributed by atoms with Gasteiger partial charge in [0.25, 0.3) is 5.91 Å². The van der Waals surface area contributed by atoms with Gasteiger partial charge in [-0.3, -0.25) is 9.59 Å². The Morgan fingerprint density at radius 1 is 1.33 bits per heavy atom. The molecule has 1 unspecified atom stereocenters. The third kappa shape index (κ3) is 2.79. The molecular weight excluding hydrogens is 268 g/mol. The summed E-state index contributed by atoms with van der Waals surface area (Å²) in [6, 6.07) is 9.50. The molecule has 1 fully saturated rings. The number of hydrogen-bond acceptors (Lipinski definition) is 3. The molecule has 1 aliphatic rings. The molecule has 1 aromatic heterocycles. The van der Waals surface area contributed by atoms with Gasteiger partial charge >= 0.3 is 0 Å². The van der Waals surface area contributed by atoms with Gasteiger partial charge in [-0.15, -0.1) is 0 Å². The quantitative estimate of drug-likeness (QED) is 0.866. The fraction of sp³-hybridized carbons (Fsp3) is 0.267. The molecule has 1 aromatic carbocycles. The van der Waals surface area contributed by atoms with Crippen molar-refractivity contribution in [3.63, 3.8) is 0 Å². The van der Waals surface area contributed by atoms with Gasteiger partial charge in [-0.1, -0.05) is 18.2 Å². The topological polar surface area (TPSA) is 67.2 Å². The third-order valence-electron chi connectivity index (χ3n) is 3.70. The third-order valence-corrected chi connectivity index (χ3v) is 3.70. The van der Waals surface area contributed by atoms with Crippen LogP contribution in [0.15, 0.2) is 42.9 Å². The summed E-state index contributed by atoms with van der Waals surface area (Å²) in [5.41, 5.74) is 0.715. The Bertz CT molecular complexity index is 638. The van der Waals surface area contributed by atoms with Gasteiger partial charge in [0.15, 0.2) is 5.82 Å². The maximum atomic E-state index is 12.4. The molecule has 0 spiro atoms. The van der Waals surface area contributed by atoms with E-state index >= 15 is 0 Å². The Balaban J connectivity index is 1.67. The summed E-state index contributed by atoms with van der Waals surface area (Å²) in [6.07, 6.45) is 4.96. The van der Waals surface area contributed by atoms with Crippen molar-refractivity contribution in [1.29, 1.82) is 0 Å². The number of imidazole rings is 1. The maximum Gasteiger partial charge on any atom is 0.253 e. The van der Waals surface area contributed by atoms with E-state index in [-0.39, 0.29) is 11.9 Å². The average Bonchev–Trinajstić information content (AvgIpc) is 3.16. The summed E-state index contributed by atoms with van der Waals surface area (Å²) in [5, 5.41) is 2.52. The molecule has 2 heterocycles. The SMILES string of the molecule is O=CNc1cn(C2CCN(C(=O)c3ccccc3)C2)cn1. The Kier molecular flexibility index (Phi) is 3.68. The first-order valence-corrected chi connectivity index (χ1v) is 6.86. The van der Waals surface area contributed by atoms with E-state index in [1.54, 1.807) is 12.5 Å². The normalized spacial score (nSPS) is 17.7. The number of nitrogens with zero attached hydrogens (tertiary/aromatic N) is 3. The fourth-order valence-corrected chi connectivity index (χ4v) is 2.60. The number of aromatic nitrogens is 2. The number of likely N-dealkylation sites (tertiary alicyclic amines) is 1. The van der Waals surface area contributed by atoms with Crippen molar-refractivity contribution >= 4 is 18.1 Å². The molecule has 0 aliphatic carbocycles. The van der Waals surface area contributed by atoms with Crippen LogP contribution < -0.4 is 5.32 Å². The maximum absolute atomic E-state index is 12.4. The van der Waals surface area contributed by atoms with Gasteiger partial charge in [-0.25, -0.2) is 4.98 Å². The molecule has 1 saturated heterocycles. The van der Waals surface area contributed by atoms with Crippen LogP contribution in [0, 0.1) is 0 Å². The fourth-order valence-electron chi connectivity index (χ4n) is 2.60. The minimum absolute atomic E-state index is 0.0597. The van der Waals surface area contributed by atoms with Crippen molar-refractivity contribution in [2.75, 3.05) is 18.4 Å². The highest BCUT2D eigenvalue weighted by Gasteiger charge is 2.27. The van der Waals surface area contributed by atoms with Gasteiger partial charge in [0.05, 0.1) is 12.4 Å². The van der Waals surface area contributed by atoms with E-state index < -0.39 is 0 Å². The van der Waals surface area contributed by atoms with E-state index in [0.717, 1.165) is 13.0 Å². The lowest BCUT2D eigenvalue weighted by molar-refractivity contribution is -0.105. The number of nitrogens with one attached hydrogen (secondary N) is 1. The van der Waals surface area contributed by atoms with Crippen LogP contribution in [0.5, 0.6) is 0 Å². The summed E-state index contributed by atoms with van der Waals surface area (Å²) in [6.45, 7) is 1.39. The van der Waals surface area contributed by atoms with Crippen LogP contribution in [0.2, 0.25) is 0 Å². The number of amides is 2. The number of carbonyl (C=O) groups excluding carboxylic acids is 2. The Morgan fingerprint density at radius 2 is 2.14 bits per heavy atom. The van der Waals surface area contributed by atoms with Gasteiger partial charge in [0.2, 0.25) is 6.41 Å². The van der Waals surface area contributed by atoms with Crippen molar-refractivity contribution in [2.24, 2.45) is 0 Å². The highest BCUT2D eigenvalue weighted by atomic mass is 16.2. The average molecular weight is 284 g/mol. The van der Waals surface area contributed by atoms with Crippen LogP contribution in [0.4, 0.5) is 5.82 Å². The summed E-state index contributed by atoms with van der Waals surface area (Å²) >= 11 is 0. The van der Waals surface area contributed by atoms with Gasteiger partial charge in [-0.05, 0) is 18.6 Å². The molecular formula is C15H16N4O2. The highest BCUT2D eigenvalue weighted by Crippen LogP contribution is 2.24. The molecule has 108 valence electrons. The molecule has 2 aromatic rings. The van der Waals surface area contributed by atoms with Crippen molar-refractivity contribution in [3.05, 3.63) is 48.4 Å². The van der Waals surface area contributed by atoms with Gasteiger partial charge in [0.1, 0.15) is 0 Å². The first-order valence-electron chi connectivity index (χ1n) is 6.86. The van der Waals surface area contributed by atoms with Crippen molar-refractivity contribution < 1.29 is 9.59 Å². The highest BCUT2D eigenvalue weighted by molar-refractivity contribution is 5.94. The molecule has 1 atom stereocenters. The molecule has 6 nitrogen and oxygen atoms in total. The zero-order chi connectivity index (χ0) is 14.7. The van der Waals surface area contributed by atoms with E-state index in [2.05, 4.69) is 10.3 Å². The smallest absolute Gasteiger partial charge is 0.253 e. The van der Waals surface area contributed by atoms with Crippen LogP contribution in [0.1, 0.15) is 22.8 Å². The van der Waals surface area contributed by atoms with E-state index in [1.807, 2.05) is 39.8 Å². The Labute approximate surface area is 122 Å². The molecule has 1 N–H and O–H groups in total. The van der Waals surface area contributed by atoms with Crippen molar-refractivity contribution in [3.8, 4) is 0 Å². The number of rotatable bonds is 4. The van der Waals surface area contributed by atoms with Gasteiger partial charge in [0, 0.05) is 24.8 Å².